The van der Waals surface area contributed by atoms with Crippen molar-refractivity contribution in [3.63, 3.8) is 0 Å². The summed E-state index contributed by atoms with van der Waals surface area (Å²) >= 11 is 0. The molecule has 3 rings (SSSR count). The fraction of sp³-hybridized carbons (Fsp3) is 0.0909. The van der Waals surface area contributed by atoms with E-state index in [2.05, 4.69) is 34.6 Å². The summed E-state index contributed by atoms with van der Waals surface area (Å²) < 4.78 is 0. The van der Waals surface area contributed by atoms with Gasteiger partial charge in [0.05, 0.1) is 0 Å². The molecule has 3 nitrogen and oxygen atoms in total. The average molecular weight is 328 g/mol. The number of carbonyl (C=O) groups excluding carboxylic acids is 1. The van der Waals surface area contributed by atoms with Crippen molar-refractivity contribution in [2.24, 2.45) is 0 Å². The number of aromatic nitrogens is 1. The molecule has 0 radical (unpaired) electrons. The molecule has 1 amide bonds. The minimum Gasteiger partial charge on any atom is -0.352 e. The maximum atomic E-state index is 12.2. The average Bonchev–Trinajstić information content (AvgIpc) is 2.69. The van der Waals surface area contributed by atoms with Gasteiger partial charge in [0.1, 0.15) is 0 Å². The van der Waals surface area contributed by atoms with Crippen molar-refractivity contribution < 1.29 is 4.79 Å². The summed E-state index contributed by atoms with van der Waals surface area (Å²) in [4.78, 5) is 16.2. The minimum atomic E-state index is -0.110. The molecule has 0 unspecified atom stereocenters. The molecule has 0 spiro atoms. The van der Waals surface area contributed by atoms with E-state index in [9.17, 15) is 4.79 Å². The zero-order valence-corrected chi connectivity index (χ0v) is 13.9. The van der Waals surface area contributed by atoms with Gasteiger partial charge in [-0.1, -0.05) is 66.7 Å². The van der Waals surface area contributed by atoms with Gasteiger partial charge < -0.3 is 5.32 Å². The van der Waals surface area contributed by atoms with Crippen LogP contribution in [0.5, 0.6) is 0 Å². The Balaban J connectivity index is 1.69. The zero-order valence-electron chi connectivity index (χ0n) is 13.9. The fourth-order valence-corrected chi connectivity index (χ4v) is 2.71. The second-order valence-corrected chi connectivity index (χ2v) is 5.74. The Bertz CT molecular complexity index is 775. The lowest BCUT2D eigenvalue weighted by molar-refractivity contribution is -0.116. The summed E-state index contributed by atoms with van der Waals surface area (Å²) in [5, 5.41) is 3.00. The topological polar surface area (TPSA) is 42.0 Å². The number of amides is 1. The van der Waals surface area contributed by atoms with E-state index in [-0.39, 0.29) is 11.8 Å². The van der Waals surface area contributed by atoms with E-state index in [1.807, 2.05) is 48.5 Å². The van der Waals surface area contributed by atoms with E-state index in [0.29, 0.717) is 6.54 Å². The van der Waals surface area contributed by atoms with E-state index in [1.165, 1.54) is 11.1 Å². The number of nitrogens with zero attached hydrogens (tertiary/aromatic N) is 1. The molecule has 1 heterocycles. The molecule has 0 saturated carbocycles. The highest BCUT2D eigenvalue weighted by atomic mass is 16.1. The van der Waals surface area contributed by atoms with Crippen LogP contribution in [0.3, 0.4) is 0 Å². The van der Waals surface area contributed by atoms with Gasteiger partial charge in [-0.15, -0.1) is 0 Å². The van der Waals surface area contributed by atoms with E-state index >= 15 is 0 Å². The molecule has 25 heavy (non-hydrogen) atoms. The largest absolute Gasteiger partial charge is 0.352 e. The summed E-state index contributed by atoms with van der Waals surface area (Å²) in [5.74, 6) is 0.0128. The third-order valence-corrected chi connectivity index (χ3v) is 4.00. The lowest BCUT2D eigenvalue weighted by atomic mass is 9.91. The molecule has 0 fully saturated rings. The third-order valence-electron chi connectivity index (χ3n) is 4.00. The van der Waals surface area contributed by atoms with Crippen LogP contribution in [0, 0.1) is 0 Å². The van der Waals surface area contributed by atoms with E-state index in [4.69, 9.17) is 0 Å². The molecule has 0 aliphatic carbocycles. The Morgan fingerprint density at radius 1 is 0.920 bits per heavy atom. The smallest absolute Gasteiger partial charge is 0.244 e. The van der Waals surface area contributed by atoms with Gasteiger partial charge in [-0.3, -0.25) is 9.78 Å². The Morgan fingerprint density at radius 3 is 2.12 bits per heavy atom. The minimum absolute atomic E-state index is 0.110. The first-order chi connectivity index (χ1) is 12.3. The van der Waals surface area contributed by atoms with E-state index in [0.717, 1.165) is 5.56 Å². The SMILES string of the molecule is O=C(/C=C/c1cccnc1)NCC(c1ccccc1)c1ccccc1. The molecule has 2 aromatic carbocycles. The molecule has 0 aliphatic rings. The first-order valence-electron chi connectivity index (χ1n) is 8.29. The molecular weight excluding hydrogens is 308 g/mol. The highest BCUT2D eigenvalue weighted by molar-refractivity contribution is 5.91. The number of carbonyl (C=O) groups is 1. The number of pyridine rings is 1. The van der Waals surface area contributed by atoms with Gasteiger partial charge in [-0.05, 0) is 28.8 Å². The first-order valence-corrected chi connectivity index (χ1v) is 8.29. The molecule has 124 valence electrons. The Kier molecular flexibility index (Phi) is 5.73. The first kappa shape index (κ1) is 16.7. The van der Waals surface area contributed by atoms with Gasteiger partial charge in [0, 0.05) is 30.9 Å². The van der Waals surface area contributed by atoms with Crippen LogP contribution in [-0.2, 0) is 4.79 Å². The van der Waals surface area contributed by atoms with Crippen molar-refractivity contribution in [2.45, 2.75) is 5.92 Å². The molecule has 0 atom stereocenters. The van der Waals surface area contributed by atoms with Gasteiger partial charge in [0.15, 0.2) is 0 Å². The van der Waals surface area contributed by atoms with Gasteiger partial charge in [0.25, 0.3) is 0 Å². The summed E-state index contributed by atoms with van der Waals surface area (Å²) in [6, 6.07) is 24.2. The summed E-state index contributed by atoms with van der Waals surface area (Å²) in [7, 11) is 0. The number of hydrogen-bond acceptors (Lipinski definition) is 2. The van der Waals surface area contributed by atoms with Crippen LogP contribution < -0.4 is 5.32 Å². The van der Waals surface area contributed by atoms with Crippen LogP contribution in [0.25, 0.3) is 6.08 Å². The van der Waals surface area contributed by atoms with Gasteiger partial charge in [0.2, 0.25) is 5.91 Å². The number of rotatable bonds is 6. The van der Waals surface area contributed by atoms with E-state index in [1.54, 1.807) is 24.5 Å². The molecule has 1 aromatic heterocycles. The van der Waals surface area contributed by atoms with Crippen LogP contribution in [0.2, 0.25) is 0 Å². The Hall–Kier alpha value is -3.20. The monoisotopic (exact) mass is 328 g/mol. The van der Waals surface area contributed by atoms with Gasteiger partial charge in [-0.25, -0.2) is 0 Å². The van der Waals surface area contributed by atoms with Gasteiger partial charge in [-0.2, -0.15) is 0 Å². The quantitative estimate of drug-likeness (QED) is 0.694. The second kappa shape index (κ2) is 8.60. The highest BCUT2D eigenvalue weighted by Crippen LogP contribution is 2.23. The summed E-state index contributed by atoms with van der Waals surface area (Å²) in [6.07, 6.45) is 6.74. The molecule has 0 saturated heterocycles. The predicted molar refractivity (Wildman–Crippen MR) is 101 cm³/mol. The van der Waals surface area contributed by atoms with Crippen molar-refractivity contribution in [3.8, 4) is 0 Å². The molecular formula is C22H20N2O. The Labute approximate surface area is 148 Å². The molecule has 0 bridgehead atoms. The predicted octanol–water partition coefficient (Wildman–Crippen LogP) is 4.04. The number of nitrogens with one attached hydrogen (secondary N) is 1. The Morgan fingerprint density at radius 2 is 1.56 bits per heavy atom. The van der Waals surface area contributed by atoms with Crippen LogP contribution in [0.4, 0.5) is 0 Å². The van der Waals surface area contributed by atoms with Crippen LogP contribution in [0.1, 0.15) is 22.6 Å². The molecule has 3 heteroatoms. The normalized spacial score (nSPS) is 10.9. The fourth-order valence-electron chi connectivity index (χ4n) is 2.71. The van der Waals surface area contributed by atoms with Crippen LogP contribution >= 0.6 is 0 Å². The maximum absolute atomic E-state index is 12.2. The third kappa shape index (κ3) is 4.88. The summed E-state index contributed by atoms with van der Waals surface area (Å²) in [5.41, 5.74) is 3.27. The maximum Gasteiger partial charge on any atom is 0.244 e. The van der Waals surface area contributed by atoms with Crippen molar-refractivity contribution in [3.05, 3.63) is 108 Å². The van der Waals surface area contributed by atoms with Crippen molar-refractivity contribution in [1.29, 1.82) is 0 Å². The molecule has 1 N–H and O–H groups in total. The van der Waals surface area contributed by atoms with Crippen molar-refractivity contribution >= 4 is 12.0 Å². The van der Waals surface area contributed by atoms with Crippen molar-refractivity contribution in [2.75, 3.05) is 6.54 Å². The highest BCUT2D eigenvalue weighted by Gasteiger charge is 2.14. The second-order valence-electron chi connectivity index (χ2n) is 5.74. The van der Waals surface area contributed by atoms with Crippen LogP contribution in [0.15, 0.2) is 91.3 Å². The molecule has 0 aliphatic heterocycles. The van der Waals surface area contributed by atoms with Crippen molar-refractivity contribution in [1.82, 2.24) is 10.3 Å². The lowest BCUT2D eigenvalue weighted by Gasteiger charge is -2.18. The van der Waals surface area contributed by atoms with Crippen LogP contribution in [-0.4, -0.2) is 17.4 Å². The summed E-state index contributed by atoms with van der Waals surface area (Å²) in [6.45, 7) is 0.546. The lowest BCUT2D eigenvalue weighted by Crippen LogP contribution is -2.27. The number of hydrogen-bond donors (Lipinski definition) is 1. The standard InChI is InChI=1S/C22H20N2O/c25-22(14-13-18-8-7-15-23-16-18)24-17-21(19-9-3-1-4-10-19)20-11-5-2-6-12-20/h1-16,21H,17H2,(H,24,25)/b14-13+. The number of benzene rings is 2. The van der Waals surface area contributed by atoms with E-state index < -0.39 is 0 Å². The van der Waals surface area contributed by atoms with Gasteiger partial charge >= 0.3 is 0 Å². The zero-order chi connectivity index (χ0) is 17.3. The molecule has 3 aromatic rings.